The first-order valence-electron chi connectivity index (χ1n) is 5.16. The van der Waals surface area contributed by atoms with Crippen LogP contribution < -0.4 is 0 Å². The van der Waals surface area contributed by atoms with Gasteiger partial charge in [-0.25, -0.2) is 4.39 Å². The third kappa shape index (κ3) is 2.99. The maximum absolute atomic E-state index is 13.2. The lowest BCUT2D eigenvalue weighted by molar-refractivity contribution is 0.619. The molecule has 0 amide bonds. The van der Waals surface area contributed by atoms with Crippen molar-refractivity contribution in [1.82, 2.24) is 9.78 Å². The number of rotatable bonds is 3. The Hall–Kier alpha value is -1.06. The molecule has 0 fully saturated rings. The van der Waals surface area contributed by atoms with Gasteiger partial charge in [0.05, 0.1) is 23.1 Å². The Morgan fingerprint density at radius 1 is 1.47 bits per heavy atom. The summed E-state index contributed by atoms with van der Waals surface area (Å²) in [6.45, 7) is 2.38. The Labute approximate surface area is 109 Å². The SMILES string of the molecule is CC(Cl)c1cnn(Cc2ccc(Cl)c(F)c2)c1. The van der Waals surface area contributed by atoms with Gasteiger partial charge >= 0.3 is 0 Å². The Balaban J connectivity index is 2.16. The topological polar surface area (TPSA) is 17.8 Å². The first-order valence-corrected chi connectivity index (χ1v) is 5.98. The van der Waals surface area contributed by atoms with Crippen LogP contribution in [-0.2, 0) is 6.54 Å². The highest BCUT2D eigenvalue weighted by Crippen LogP contribution is 2.19. The smallest absolute Gasteiger partial charge is 0.142 e. The van der Waals surface area contributed by atoms with E-state index in [-0.39, 0.29) is 10.4 Å². The van der Waals surface area contributed by atoms with Crippen LogP contribution in [0.3, 0.4) is 0 Å². The molecule has 17 heavy (non-hydrogen) atoms. The number of nitrogens with zero attached hydrogens (tertiary/aromatic N) is 2. The Morgan fingerprint density at radius 2 is 2.24 bits per heavy atom. The van der Waals surface area contributed by atoms with Crippen molar-refractivity contribution >= 4 is 23.2 Å². The second-order valence-corrected chi connectivity index (χ2v) is 4.90. The molecule has 1 aromatic heterocycles. The molecule has 0 saturated carbocycles. The van der Waals surface area contributed by atoms with Gasteiger partial charge in [-0.1, -0.05) is 17.7 Å². The van der Waals surface area contributed by atoms with Crippen LogP contribution in [0.1, 0.15) is 23.4 Å². The van der Waals surface area contributed by atoms with E-state index in [2.05, 4.69) is 5.10 Å². The average Bonchev–Trinajstić information content (AvgIpc) is 2.72. The second-order valence-electron chi connectivity index (χ2n) is 3.84. The van der Waals surface area contributed by atoms with E-state index in [0.29, 0.717) is 6.54 Å². The van der Waals surface area contributed by atoms with E-state index in [1.165, 1.54) is 6.07 Å². The Kier molecular flexibility index (Phi) is 3.69. The van der Waals surface area contributed by atoms with Crippen LogP contribution in [0.2, 0.25) is 5.02 Å². The van der Waals surface area contributed by atoms with Crippen molar-refractivity contribution in [3.05, 3.63) is 52.6 Å². The summed E-state index contributed by atoms with van der Waals surface area (Å²) in [4.78, 5) is 0. The predicted octanol–water partition coefficient (Wildman–Crippen LogP) is 4.02. The van der Waals surface area contributed by atoms with Crippen molar-refractivity contribution in [2.45, 2.75) is 18.8 Å². The minimum absolute atomic E-state index is 0.0781. The summed E-state index contributed by atoms with van der Waals surface area (Å²) in [5.74, 6) is -0.415. The minimum Gasteiger partial charge on any atom is -0.268 e. The van der Waals surface area contributed by atoms with E-state index in [1.807, 2.05) is 13.1 Å². The zero-order valence-corrected chi connectivity index (χ0v) is 10.7. The molecular weight excluding hydrogens is 262 g/mol. The molecule has 2 rings (SSSR count). The van der Waals surface area contributed by atoms with E-state index in [4.69, 9.17) is 23.2 Å². The van der Waals surface area contributed by atoms with Gasteiger partial charge < -0.3 is 0 Å². The summed E-state index contributed by atoms with van der Waals surface area (Å²) in [6, 6.07) is 4.73. The van der Waals surface area contributed by atoms with Crippen LogP contribution >= 0.6 is 23.2 Å². The highest BCUT2D eigenvalue weighted by molar-refractivity contribution is 6.30. The lowest BCUT2D eigenvalue weighted by atomic mass is 10.2. The molecule has 0 radical (unpaired) electrons. The zero-order chi connectivity index (χ0) is 12.4. The number of alkyl halides is 1. The van der Waals surface area contributed by atoms with E-state index < -0.39 is 5.82 Å². The molecule has 0 aliphatic rings. The molecule has 2 nitrogen and oxygen atoms in total. The van der Waals surface area contributed by atoms with Gasteiger partial charge in [0.25, 0.3) is 0 Å². The molecule has 5 heteroatoms. The molecule has 2 aromatic rings. The summed E-state index contributed by atoms with van der Waals surface area (Å²) >= 11 is 11.5. The van der Waals surface area contributed by atoms with Gasteiger partial charge in [0.2, 0.25) is 0 Å². The Morgan fingerprint density at radius 3 is 2.82 bits per heavy atom. The van der Waals surface area contributed by atoms with Gasteiger partial charge in [0.15, 0.2) is 0 Å². The summed E-state index contributed by atoms with van der Waals surface area (Å²) in [5, 5.41) is 4.21. The highest BCUT2D eigenvalue weighted by atomic mass is 35.5. The van der Waals surface area contributed by atoms with Crippen LogP contribution in [0.4, 0.5) is 4.39 Å². The van der Waals surface area contributed by atoms with Crippen LogP contribution in [0, 0.1) is 5.82 Å². The maximum Gasteiger partial charge on any atom is 0.142 e. The third-order valence-corrected chi connectivity index (χ3v) is 3.00. The van der Waals surface area contributed by atoms with Crippen molar-refractivity contribution in [3.8, 4) is 0 Å². The van der Waals surface area contributed by atoms with Crippen molar-refractivity contribution < 1.29 is 4.39 Å². The molecule has 0 spiro atoms. The average molecular weight is 273 g/mol. The number of hydrogen-bond donors (Lipinski definition) is 0. The molecule has 0 saturated heterocycles. The van der Waals surface area contributed by atoms with Gasteiger partial charge in [-0.05, 0) is 24.6 Å². The molecular formula is C12H11Cl2FN2. The van der Waals surface area contributed by atoms with Crippen LogP contribution in [0.15, 0.2) is 30.6 Å². The third-order valence-electron chi connectivity index (χ3n) is 2.44. The lowest BCUT2D eigenvalue weighted by Crippen LogP contribution is -2.00. The van der Waals surface area contributed by atoms with E-state index >= 15 is 0 Å². The van der Waals surface area contributed by atoms with Gasteiger partial charge in [0, 0.05) is 11.8 Å². The van der Waals surface area contributed by atoms with Gasteiger partial charge in [-0.2, -0.15) is 5.10 Å². The molecule has 0 aliphatic carbocycles. The summed E-state index contributed by atoms with van der Waals surface area (Å²) in [6.07, 6.45) is 3.56. The molecule has 1 atom stereocenters. The normalized spacial score (nSPS) is 12.7. The van der Waals surface area contributed by atoms with Crippen molar-refractivity contribution in [2.24, 2.45) is 0 Å². The predicted molar refractivity (Wildman–Crippen MR) is 67.0 cm³/mol. The molecule has 0 bridgehead atoms. The lowest BCUT2D eigenvalue weighted by Gasteiger charge is -2.03. The van der Waals surface area contributed by atoms with E-state index in [0.717, 1.165) is 11.1 Å². The minimum atomic E-state index is -0.415. The van der Waals surface area contributed by atoms with Gasteiger partial charge in [-0.3, -0.25) is 4.68 Å². The zero-order valence-electron chi connectivity index (χ0n) is 9.20. The van der Waals surface area contributed by atoms with Gasteiger partial charge in [-0.15, -0.1) is 11.6 Å². The molecule has 1 unspecified atom stereocenters. The number of halogens is 3. The van der Waals surface area contributed by atoms with Crippen molar-refractivity contribution in [2.75, 3.05) is 0 Å². The standard InChI is InChI=1S/C12H11Cl2FN2/c1-8(13)10-5-16-17(7-10)6-9-2-3-11(14)12(15)4-9/h2-5,7-8H,6H2,1H3. The maximum atomic E-state index is 13.2. The van der Waals surface area contributed by atoms with E-state index in [9.17, 15) is 4.39 Å². The molecule has 1 aromatic carbocycles. The second kappa shape index (κ2) is 5.07. The highest BCUT2D eigenvalue weighted by Gasteiger charge is 2.06. The first kappa shape index (κ1) is 12.4. The molecule has 90 valence electrons. The van der Waals surface area contributed by atoms with Crippen molar-refractivity contribution in [1.29, 1.82) is 0 Å². The largest absolute Gasteiger partial charge is 0.268 e. The van der Waals surface area contributed by atoms with Crippen LogP contribution in [0.25, 0.3) is 0 Å². The monoisotopic (exact) mass is 272 g/mol. The molecule has 1 heterocycles. The fourth-order valence-electron chi connectivity index (χ4n) is 1.50. The number of hydrogen-bond acceptors (Lipinski definition) is 1. The molecule has 0 N–H and O–H groups in total. The number of aromatic nitrogens is 2. The number of benzene rings is 1. The fraction of sp³-hybridized carbons (Fsp3) is 0.250. The van der Waals surface area contributed by atoms with Crippen LogP contribution in [0.5, 0.6) is 0 Å². The van der Waals surface area contributed by atoms with Crippen molar-refractivity contribution in [3.63, 3.8) is 0 Å². The van der Waals surface area contributed by atoms with E-state index in [1.54, 1.807) is 23.0 Å². The summed E-state index contributed by atoms with van der Waals surface area (Å²) in [5.41, 5.74) is 1.75. The summed E-state index contributed by atoms with van der Waals surface area (Å²) in [7, 11) is 0. The summed E-state index contributed by atoms with van der Waals surface area (Å²) < 4.78 is 15.0. The fourth-order valence-corrected chi connectivity index (χ4v) is 1.73. The van der Waals surface area contributed by atoms with Gasteiger partial charge in [0.1, 0.15) is 5.82 Å². The quantitative estimate of drug-likeness (QED) is 0.772. The molecule has 0 aliphatic heterocycles. The van der Waals surface area contributed by atoms with Crippen LogP contribution in [-0.4, -0.2) is 9.78 Å². The Bertz CT molecular complexity index is 523. The first-order chi connectivity index (χ1) is 8.06.